The second kappa shape index (κ2) is 12.5. The Kier molecular flexibility index (Phi) is 9.00. The summed E-state index contributed by atoms with van der Waals surface area (Å²) in [5.74, 6) is -4.38. The third kappa shape index (κ3) is 5.69. The van der Waals surface area contributed by atoms with Gasteiger partial charge >= 0.3 is 0 Å². The molecule has 0 spiro atoms. The van der Waals surface area contributed by atoms with Crippen molar-refractivity contribution in [1.29, 1.82) is 0 Å². The van der Waals surface area contributed by atoms with Crippen molar-refractivity contribution >= 4 is 11.0 Å². The molecule has 2 aliphatic heterocycles. The summed E-state index contributed by atoms with van der Waals surface area (Å²) in [6.45, 7) is 0.514. The molecule has 3 heterocycles. The van der Waals surface area contributed by atoms with Crippen molar-refractivity contribution in [3.63, 3.8) is 0 Å². The van der Waals surface area contributed by atoms with Gasteiger partial charge in [-0.2, -0.15) is 0 Å². The maximum atomic E-state index is 13.9. The first-order chi connectivity index (χ1) is 21.3. The number of aliphatic hydroxyl groups excluding tert-OH is 6. The van der Waals surface area contributed by atoms with Gasteiger partial charge in [0.2, 0.25) is 23.2 Å². The molecule has 10 N–H and O–H groups in total. The molecule has 0 radical (unpaired) electrons. The minimum atomic E-state index is -1.94. The molecule has 0 saturated carbocycles. The zero-order valence-electron chi connectivity index (χ0n) is 23.6. The largest absolute Gasteiger partial charge is 0.504 e. The van der Waals surface area contributed by atoms with Gasteiger partial charge in [-0.25, -0.2) is 0 Å². The van der Waals surface area contributed by atoms with Gasteiger partial charge in [-0.3, -0.25) is 4.79 Å². The molecule has 0 amide bonds. The number of methoxy groups -OCH3 is 1. The van der Waals surface area contributed by atoms with E-state index >= 15 is 0 Å². The lowest BCUT2D eigenvalue weighted by Crippen LogP contribution is -2.64. The van der Waals surface area contributed by atoms with Crippen molar-refractivity contribution in [3.05, 3.63) is 34.5 Å². The van der Waals surface area contributed by atoms with E-state index in [-0.39, 0.29) is 16.9 Å². The third-order valence-electron chi connectivity index (χ3n) is 7.67. The van der Waals surface area contributed by atoms with E-state index in [1.807, 2.05) is 0 Å². The Morgan fingerprint density at radius 1 is 0.822 bits per heavy atom. The topological polar surface area (TPSA) is 279 Å². The number of hydrogen-bond acceptors (Lipinski definition) is 17. The molecule has 2 aromatic carbocycles. The molecule has 2 fully saturated rings. The van der Waals surface area contributed by atoms with E-state index in [1.54, 1.807) is 0 Å². The van der Waals surface area contributed by atoms with Crippen molar-refractivity contribution in [2.75, 3.05) is 13.7 Å². The van der Waals surface area contributed by atoms with Crippen molar-refractivity contribution in [1.82, 2.24) is 0 Å². The Morgan fingerprint density at radius 3 is 2.18 bits per heavy atom. The summed E-state index contributed by atoms with van der Waals surface area (Å²) in [6.07, 6.45) is -16.9. The van der Waals surface area contributed by atoms with Gasteiger partial charge in [0.25, 0.3) is 0 Å². The minimum Gasteiger partial charge on any atom is -0.504 e. The highest BCUT2D eigenvalue weighted by Crippen LogP contribution is 2.44. The van der Waals surface area contributed by atoms with Crippen molar-refractivity contribution in [2.45, 2.75) is 68.3 Å². The number of rotatable bonds is 7. The summed E-state index contributed by atoms with van der Waals surface area (Å²) in [7, 11) is 1.18. The smallest absolute Gasteiger partial charge is 0.239 e. The SMILES string of the molecule is COc1cc2oc(-c3ccc(O)c(O)c3)c(O[C@@H]3O[C@H](CO)[C@@H](O)[C@H](O)[C@H]3O[C@@H]3O[C@@H](C)[C@H](O)[C@@H](O)[C@H]3O)c(=O)c2c(O)c1O. The second-order valence-electron chi connectivity index (χ2n) is 10.5. The predicted octanol–water partition coefficient (Wildman–Crippen LogP) is -1.68. The predicted molar refractivity (Wildman–Crippen MR) is 147 cm³/mol. The minimum absolute atomic E-state index is 0.0598. The molecular weight excluding hydrogens is 608 g/mol. The van der Waals surface area contributed by atoms with Crippen LogP contribution in [0.4, 0.5) is 0 Å². The molecule has 17 heteroatoms. The number of fused-ring (bicyclic) bond motifs is 1. The van der Waals surface area contributed by atoms with E-state index in [4.69, 9.17) is 28.1 Å². The molecule has 10 atom stereocenters. The Bertz CT molecular complexity index is 1610. The van der Waals surface area contributed by atoms with Gasteiger partial charge in [-0.05, 0) is 25.1 Å². The van der Waals surface area contributed by atoms with Crippen LogP contribution < -0.4 is 14.9 Å². The Morgan fingerprint density at radius 2 is 1.53 bits per heavy atom. The molecule has 5 rings (SSSR count). The first-order valence-corrected chi connectivity index (χ1v) is 13.5. The van der Waals surface area contributed by atoms with E-state index in [9.17, 15) is 55.9 Å². The molecule has 45 heavy (non-hydrogen) atoms. The van der Waals surface area contributed by atoms with Crippen LogP contribution in [0.25, 0.3) is 22.3 Å². The van der Waals surface area contributed by atoms with Crippen molar-refractivity contribution < 1.29 is 79.2 Å². The van der Waals surface area contributed by atoms with Gasteiger partial charge in [-0.15, -0.1) is 0 Å². The van der Waals surface area contributed by atoms with Crippen LogP contribution in [0.1, 0.15) is 6.92 Å². The van der Waals surface area contributed by atoms with Crippen LogP contribution in [0, 0.1) is 0 Å². The first kappa shape index (κ1) is 32.5. The van der Waals surface area contributed by atoms with Gasteiger partial charge in [0.15, 0.2) is 41.2 Å². The summed E-state index contributed by atoms with van der Waals surface area (Å²) < 4.78 is 33.5. The first-order valence-electron chi connectivity index (χ1n) is 13.5. The lowest BCUT2D eigenvalue weighted by atomic mass is 9.97. The maximum absolute atomic E-state index is 13.9. The van der Waals surface area contributed by atoms with Crippen molar-refractivity contribution in [3.8, 4) is 45.8 Å². The molecule has 2 saturated heterocycles. The molecule has 0 unspecified atom stereocenters. The van der Waals surface area contributed by atoms with Crippen LogP contribution in [0.15, 0.2) is 33.5 Å². The zero-order valence-corrected chi connectivity index (χ0v) is 23.6. The monoisotopic (exact) mass is 640 g/mol. The maximum Gasteiger partial charge on any atom is 0.239 e. The fourth-order valence-electron chi connectivity index (χ4n) is 5.09. The molecule has 1 aromatic heterocycles. The molecule has 2 aliphatic rings. The summed E-state index contributed by atoms with van der Waals surface area (Å²) >= 11 is 0. The average molecular weight is 641 g/mol. The third-order valence-corrected chi connectivity index (χ3v) is 7.67. The number of aliphatic hydroxyl groups is 6. The fourth-order valence-corrected chi connectivity index (χ4v) is 5.09. The summed E-state index contributed by atoms with van der Waals surface area (Å²) in [5, 5.41) is 103. The van der Waals surface area contributed by atoms with Gasteiger partial charge in [0.1, 0.15) is 47.6 Å². The van der Waals surface area contributed by atoms with Crippen molar-refractivity contribution in [2.24, 2.45) is 0 Å². The zero-order chi connectivity index (χ0) is 32.9. The van der Waals surface area contributed by atoms with Crippen LogP contribution in [-0.2, 0) is 14.2 Å². The highest BCUT2D eigenvalue weighted by molar-refractivity contribution is 5.91. The molecule has 17 nitrogen and oxygen atoms in total. The van der Waals surface area contributed by atoms with Crippen LogP contribution >= 0.6 is 0 Å². The van der Waals surface area contributed by atoms with Crippen LogP contribution in [-0.4, -0.2) is 126 Å². The molecule has 0 aliphatic carbocycles. The highest BCUT2D eigenvalue weighted by atomic mass is 16.8. The van der Waals surface area contributed by atoms with Gasteiger partial charge in [-0.1, -0.05) is 0 Å². The number of aromatic hydroxyl groups is 4. The number of benzene rings is 2. The van der Waals surface area contributed by atoms with E-state index < -0.39 is 113 Å². The van der Waals surface area contributed by atoms with Gasteiger partial charge in [0, 0.05) is 11.6 Å². The number of ether oxygens (including phenoxy) is 5. The number of phenols is 4. The van der Waals surface area contributed by atoms with Gasteiger partial charge < -0.3 is 79.2 Å². The standard InChI is InChI=1S/C28H32O17/c1-8-16(32)21(37)23(39)27(41-8)45-26-22(38)18(34)14(7-29)43-28(26)44-25-20(36)15-12(6-13(40-2)17(33)19(15)35)42-24(25)9-3-4-10(30)11(31)5-9/h3-6,8,14,16,18,21-23,26-35,37-39H,7H2,1-2H3/t8-,14+,16-,18+,21+,22-,23+,26+,27-,28-/m0/s1. The number of hydrogen-bond donors (Lipinski definition) is 10. The highest BCUT2D eigenvalue weighted by Gasteiger charge is 2.51. The lowest BCUT2D eigenvalue weighted by molar-refractivity contribution is -0.354. The summed E-state index contributed by atoms with van der Waals surface area (Å²) in [4.78, 5) is 13.9. The summed E-state index contributed by atoms with van der Waals surface area (Å²) in [6, 6.07) is 4.40. The number of phenolic OH excluding ortho intramolecular Hbond substituents is 4. The van der Waals surface area contributed by atoms with Gasteiger partial charge in [0.05, 0.1) is 19.8 Å². The Labute approximate surface area is 252 Å². The molecule has 3 aromatic rings. The van der Waals surface area contributed by atoms with Crippen LogP contribution in [0.3, 0.4) is 0 Å². The Balaban J connectivity index is 1.65. The molecular formula is C28H32O17. The fraction of sp³-hybridized carbons (Fsp3) is 0.464. The van der Waals surface area contributed by atoms with E-state index in [1.165, 1.54) is 20.1 Å². The second-order valence-corrected chi connectivity index (χ2v) is 10.5. The normalized spacial score (nSPS) is 32.0. The van der Waals surface area contributed by atoms with E-state index in [2.05, 4.69) is 0 Å². The van der Waals surface area contributed by atoms with Crippen LogP contribution in [0.2, 0.25) is 0 Å². The molecule has 0 bridgehead atoms. The molecule has 246 valence electrons. The Hall–Kier alpha value is -3.91. The van der Waals surface area contributed by atoms with E-state index in [0.29, 0.717) is 0 Å². The van der Waals surface area contributed by atoms with E-state index in [0.717, 1.165) is 18.2 Å². The average Bonchev–Trinajstić information content (AvgIpc) is 3.02. The quantitative estimate of drug-likeness (QED) is 0.129. The summed E-state index contributed by atoms with van der Waals surface area (Å²) in [5.41, 5.74) is -1.50. The lowest BCUT2D eigenvalue weighted by Gasteiger charge is -2.45. The van der Waals surface area contributed by atoms with Crippen LogP contribution in [0.5, 0.6) is 34.5 Å².